The molecule has 0 spiro atoms. The third-order valence-electron chi connectivity index (χ3n) is 3.65. The molecule has 1 amide bonds. The average Bonchev–Trinajstić information content (AvgIpc) is 3.03. The zero-order valence-corrected chi connectivity index (χ0v) is 11.8. The van der Waals surface area contributed by atoms with Crippen molar-refractivity contribution in [2.45, 2.75) is 39.7 Å². The van der Waals surface area contributed by atoms with E-state index in [1.807, 2.05) is 11.6 Å². The number of hydrogen-bond donors (Lipinski definition) is 1. The lowest BCUT2D eigenvalue weighted by Crippen LogP contribution is -2.29. The second kappa shape index (κ2) is 6.70. The van der Waals surface area contributed by atoms with Crippen LogP contribution < -0.4 is 5.32 Å². The smallest absolute Gasteiger partial charge is 0.254 e. The van der Waals surface area contributed by atoms with Gasteiger partial charge in [0.2, 0.25) is 0 Å². The summed E-state index contributed by atoms with van der Waals surface area (Å²) in [6.07, 6.45) is 4.92. The maximum Gasteiger partial charge on any atom is 0.254 e. The Morgan fingerprint density at radius 1 is 1.63 bits per heavy atom. The van der Waals surface area contributed by atoms with Crippen LogP contribution >= 0.6 is 0 Å². The van der Waals surface area contributed by atoms with Crippen LogP contribution in [-0.4, -0.2) is 35.4 Å². The van der Waals surface area contributed by atoms with Crippen LogP contribution in [-0.2, 0) is 11.3 Å². The van der Waals surface area contributed by atoms with Crippen molar-refractivity contribution in [2.75, 3.05) is 19.8 Å². The molecule has 0 aromatic carbocycles. The van der Waals surface area contributed by atoms with Gasteiger partial charge in [-0.3, -0.25) is 9.48 Å². The van der Waals surface area contributed by atoms with E-state index in [9.17, 15) is 4.79 Å². The molecule has 2 rings (SSSR count). The summed E-state index contributed by atoms with van der Waals surface area (Å²) in [4.78, 5) is 12.1. The number of ether oxygens (including phenoxy) is 1. The minimum Gasteiger partial charge on any atom is -0.381 e. The second-order valence-electron chi connectivity index (χ2n) is 5.16. The van der Waals surface area contributed by atoms with Crippen molar-refractivity contribution < 1.29 is 9.53 Å². The van der Waals surface area contributed by atoms with Crippen LogP contribution in [0.3, 0.4) is 0 Å². The lowest BCUT2D eigenvalue weighted by molar-refractivity contribution is 0.0944. The summed E-state index contributed by atoms with van der Waals surface area (Å²) in [7, 11) is 0. The quantitative estimate of drug-likeness (QED) is 0.852. The summed E-state index contributed by atoms with van der Waals surface area (Å²) in [5, 5.41) is 7.26. The lowest BCUT2D eigenvalue weighted by atomic mass is 10.1. The molecule has 0 bridgehead atoms. The van der Waals surface area contributed by atoms with Crippen molar-refractivity contribution in [2.24, 2.45) is 5.92 Å². The second-order valence-corrected chi connectivity index (χ2v) is 5.16. The van der Waals surface area contributed by atoms with Crippen molar-refractivity contribution in [3.63, 3.8) is 0 Å². The molecule has 5 nitrogen and oxygen atoms in total. The van der Waals surface area contributed by atoms with Gasteiger partial charge in [0.05, 0.1) is 18.4 Å². The predicted molar refractivity (Wildman–Crippen MR) is 73.1 cm³/mol. The van der Waals surface area contributed by atoms with Gasteiger partial charge in [-0.05, 0) is 19.8 Å². The van der Waals surface area contributed by atoms with Gasteiger partial charge < -0.3 is 10.1 Å². The average molecular weight is 265 g/mol. The molecule has 1 aromatic rings. The standard InChI is InChI=1S/C14H23N3O2/c1-3-4-6-17-11(2)13(9-16-17)14(18)15-8-12-5-7-19-10-12/h9,12H,3-8,10H2,1-2H3,(H,15,18). The fraction of sp³-hybridized carbons (Fsp3) is 0.714. The molecule has 1 aliphatic rings. The van der Waals surface area contributed by atoms with Crippen LogP contribution in [0.25, 0.3) is 0 Å². The maximum atomic E-state index is 12.1. The van der Waals surface area contributed by atoms with Gasteiger partial charge in [0.1, 0.15) is 0 Å². The van der Waals surface area contributed by atoms with E-state index in [0.29, 0.717) is 18.0 Å². The van der Waals surface area contributed by atoms with Gasteiger partial charge in [-0.25, -0.2) is 0 Å². The molecule has 1 aliphatic heterocycles. The number of rotatable bonds is 6. The summed E-state index contributed by atoms with van der Waals surface area (Å²) in [5.41, 5.74) is 1.64. The van der Waals surface area contributed by atoms with Gasteiger partial charge in [0.15, 0.2) is 0 Å². The third kappa shape index (κ3) is 3.56. The first kappa shape index (κ1) is 14.1. The first-order valence-corrected chi connectivity index (χ1v) is 7.10. The molecular weight excluding hydrogens is 242 g/mol. The SMILES string of the molecule is CCCCn1ncc(C(=O)NCC2CCOC2)c1C. The molecule has 1 unspecified atom stereocenters. The molecule has 106 valence electrons. The van der Waals surface area contributed by atoms with Crippen molar-refractivity contribution in [3.05, 3.63) is 17.5 Å². The molecule has 1 N–H and O–H groups in total. The first-order chi connectivity index (χ1) is 9.22. The van der Waals surface area contributed by atoms with E-state index in [1.165, 1.54) is 0 Å². The number of aryl methyl sites for hydroxylation is 1. The van der Waals surface area contributed by atoms with E-state index < -0.39 is 0 Å². The summed E-state index contributed by atoms with van der Waals surface area (Å²) in [5.74, 6) is 0.437. The van der Waals surface area contributed by atoms with Crippen LogP contribution in [0, 0.1) is 12.8 Å². The maximum absolute atomic E-state index is 12.1. The Balaban J connectivity index is 1.89. The zero-order chi connectivity index (χ0) is 13.7. The molecular formula is C14H23N3O2. The van der Waals surface area contributed by atoms with Crippen LogP contribution in [0.4, 0.5) is 0 Å². The summed E-state index contributed by atoms with van der Waals surface area (Å²) < 4.78 is 7.21. The van der Waals surface area contributed by atoms with Crippen LogP contribution in [0.5, 0.6) is 0 Å². The fourth-order valence-electron chi connectivity index (χ4n) is 2.28. The van der Waals surface area contributed by atoms with Gasteiger partial charge >= 0.3 is 0 Å². The highest BCUT2D eigenvalue weighted by molar-refractivity contribution is 5.95. The molecule has 2 heterocycles. The van der Waals surface area contributed by atoms with Crippen LogP contribution in [0.2, 0.25) is 0 Å². The largest absolute Gasteiger partial charge is 0.381 e. The molecule has 0 saturated carbocycles. The van der Waals surface area contributed by atoms with Crippen molar-refractivity contribution in [1.82, 2.24) is 15.1 Å². The summed E-state index contributed by atoms with van der Waals surface area (Å²) >= 11 is 0. The number of aromatic nitrogens is 2. The number of nitrogens with one attached hydrogen (secondary N) is 1. The number of carbonyl (C=O) groups is 1. The number of carbonyl (C=O) groups excluding carboxylic acids is 1. The van der Waals surface area contributed by atoms with E-state index >= 15 is 0 Å². The normalized spacial score (nSPS) is 18.7. The molecule has 1 aromatic heterocycles. The molecule has 5 heteroatoms. The fourth-order valence-corrected chi connectivity index (χ4v) is 2.28. The van der Waals surface area contributed by atoms with Gasteiger partial charge in [0.25, 0.3) is 5.91 Å². The highest BCUT2D eigenvalue weighted by Crippen LogP contribution is 2.12. The molecule has 1 fully saturated rings. The minimum absolute atomic E-state index is 0.0212. The number of nitrogens with zero attached hydrogens (tertiary/aromatic N) is 2. The highest BCUT2D eigenvalue weighted by atomic mass is 16.5. The number of hydrogen-bond acceptors (Lipinski definition) is 3. The molecule has 1 atom stereocenters. The van der Waals surface area contributed by atoms with Crippen molar-refractivity contribution in [1.29, 1.82) is 0 Å². The molecule has 0 aliphatic carbocycles. The summed E-state index contributed by atoms with van der Waals surface area (Å²) in [6, 6.07) is 0. The van der Waals surface area contributed by atoms with Crippen molar-refractivity contribution in [3.8, 4) is 0 Å². The lowest BCUT2D eigenvalue weighted by Gasteiger charge is -2.09. The van der Waals surface area contributed by atoms with Gasteiger partial charge in [-0.1, -0.05) is 13.3 Å². The first-order valence-electron chi connectivity index (χ1n) is 7.10. The van der Waals surface area contributed by atoms with Crippen LogP contribution in [0.15, 0.2) is 6.20 Å². The molecule has 0 radical (unpaired) electrons. The number of amides is 1. The Bertz CT molecular complexity index is 422. The van der Waals surface area contributed by atoms with Crippen LogP contribution in [0.1, 0.15) is 42.2 Å². The number of unbranched alkanes of at least 4 members (excludes halogenated alkanes) is 1. The summed E-state index contributed by atoms with van der Waals surface area (Å²) in [6.45, 7) is 7.25. The predicted octanol–water partition coefficient (Wildman–Crippen LogP) is 1.76. The van der Waals surface area contributed by atoms with E-state index in [-0.39, 0.29) is 5.91 Å². The Kier molecular flexibility index (Phi) is 4.96. The van der Waals surface area contributed by atoms with E-state index in [2.05, 4.69) is 17.3 Å². The monoisotopic (exact) mass is 265 g/mol. The Morgan fingerprint density at radius 2 is 2.47 bits per heavy atom. The van der Waals surface area contributed by atoms with Gasteiger partial charge in [0, 0.05) is 31.3 Å². The van der Waals surface area contributed by atoms with E-state index in [4.69, 9.17) is 4.74 Å². The molecule has 19 heavy (non-hydrogen) atoms. The van der Waals surface area contributed by atoms with Gasteiger partial charge in [-0.2, -0.15) is 5.10 Å². The van der Waals surface area contributed by atoms with Crippen molar-refractivity contribution >= 4 is 5.91 Å². The minimum atomic E-state index is -0.0212. The Hall–Kier alpha value is -1.36. The zero-order valence-electron chi connectivity index (χ0n) is 11.8. The topological polar surface area (TPSA) is 56.2 Å². The third-order valence-corrected chi connectivity index (χ3v) is 3.65. The molecule has 1 saturated heterocycles. The van der Waals surface area contributed by atoms with E-state index in [0.717, 1.165) is 44.7 Å². The highest BCUT2D eigenvalue weighted by Gasteiger charge is 2.18. The Morgan fingerprint density at radius 3 is 3.16 bits per heavy atom. The van der Waals surface area contributed by atoms with Gasteiger partial charge in [-0.15, -0.1) is 0 Å². The Labute approximate surface area is 114 Å². The van der Waals surface area contributed by atoms with E-state index in [1.54, 1.807) is 6.20 Å².